The van der Waals surface area contributed by atoms with Crippen LogP contribution in [0, 0.1) is 13.8 Å². The molecule has 0 fully saturated rings. The average molecular weight is 246 g/mol. The Morgan fingerprint density at radius 2 is 1.89 bits per heavy atom. The minimum Gasteiger partial charge on any atom is -0.426 e. The van der Waals surface area contributed by atoms with Gasteiger partial charge in [-0.2, -0.15) is 0 Å². The molecule has 2 aromatic rings. The summed E-state index contributed by atoms with van der Waals surface area (Å²) in [5, 5.41) is 0.820. The molecule has 0 saturated heterocycles. The van der Waals surface area contributed by atoms with E-state index < -0.39 is 0 Å². The van der Waals surface area contributed by atoms with Crippen molar-refractivity contribution in [2.45, 2.75) is 27.2 Å². The molecule has 2 rings (SSSR count). The van der Waals surface area contributed by atoms with Crippen molar-refractivity contribution in [3.8, 4) is 5.75 Å². The number of rotatable bonds is 2. The van der Waals surface area contributed by atoms with Gasteiger partial charge in [0.25, 0.3) is 0 Å². The minimum atomic E-state index is -0.376. The van der Waals surface area contributed by atoms with Gasteiger partial charge in [0.2, 0.25) is 0 Å². The van der Waals surface area contributed by atoms with Crippen LogP contribution >= 0.6 is 0 Å². The average Bonchev–Trinajstić information content (AvgIpc) is 2.32. The van der Waals surface area contributed by atoms with Crippen molar-refractivity contribution in [3.63, 3.8) is 0 Å². The van der Waals surface area contributed by atoms with Crippen molar-refractivity contribution < 1.29 is 13.9 Å². The molecule has 0 aliphatic heterocycles. The van der Waals surface area contributed by atoms with Gasteiger partial charge in [-0.15, -0.1) is 0 Å². The van der Waals surface area contributed by atoms with Gasteiger partial charge in [-0.25, -0.2) is 4.79 Å². The van der Waals surface area contributed by atoms with Crippen LogP contribution < -0.4 is 10.4 Å². The third-order valence-corrected chi connectivity index (χ3v) is 2.72. The van der Waals surface area contributed by atoms with Gasteiger partial charge < -0.3 is 9.15 Å². The van der Waals surface area contributed by atoms with Crippen molar-refractivity contribution in [3.05, 3.63) is 39.7 Å². The highest BCUT2D eigenvalue weighted by Crippen LogP contribution is 2.25. The lowest BCUT2D eigenvalue weighted by atomic mass is 10.1. The third kappa shape index (κ3) is 2.27. The van der Waals surface area contributed by atoms with E-state index in [0.29, 0.717) is 23.3 Å². The monoisotopic (exact) mass is 246 g/mol. The predicted octanol–water partition coefficient (Wildman–Crippen LogP) is 2.73. The van der Waals surface area contributed by atoms with Crippen LogP contribution in [0.3, 0.4) is 0 Å². The molecule has 4 nitrogen and oxygen atoms in total. The van der Waals surface area contributed by atoms with Crippen LogP contribution in [0.2, 0.25) is 0 Å². The lowest BCUT2D eigenvalue weighted by Crippen LogP contribution is -2.07. The van der Waals surface area contributed by atoms with Crippen molar-refractivity contribution in [1.29, 1.82) is 0 Å². The molecule has 1 aromatic heterocycles. The van der Waals surface area contributed by atoms with Crippen molar-refractivity contribution in [2.24, 2.45) is 0 Å². The van der Waals surface area contributed by atoms with E-state index in [0.717, 1.165) is 10.9 Å². The van der Waals surface area contributed by atoms with Gasteiger partial charge in [-0.3, -0.25) is 4.79 Å². The summed E-state index contributed by atoms with van der Waals surface area (Å²) in [7, 11) is 0. The van der Waals surface area contributed by atoms with Gasteiger partial charge in [-0.05, 0) is 31.5 Å². The molecule has 0 spiro atoms. The number of benzene rings is 1. The fraction of sp³-hybridized carbons (Fsp3) is 0.286. The molecule has 4 heteroatoms. The normalized spacial score (nSPS) is 10.6. The Hall–Kier alpha value is -2.10. The summed E-state index contributed by atoms with van der Waals surface area (Å²) in [6, 6.07) is 5.18. The number of fused-ring (bicyclic) bond motifs is 1. The van der Waals surface area contributed by atoms with Crippen LogP contribution in [-0.4, -0.2) is 5.97 Å². The lowest BCUT2D eigenvalue weighted by Gasteiger charge is -2.07. The fourth-order valence-corrected chi connectivity index (χ4v) is 1.67. The van der Waals surface area contributed by atoms with Crippen LogP contribution in [0.1, 0.15) is 24.5 Å². The van der Waals surface area contributed by atoms with Crippen LogP contribution in [-0.2, 0) is 4.79 Å². The fourth-order valence-electron chi connectivity index (χ4n) is 1.67. The summed E-state index contributed by atoms with van der Waals surface area (Å²) in [6.45, 7) is 5.27. The van der Waals surface area contributed by atoms with E-state index in [1.54, 1.807) is 26.0 Å². The second-order valence-corrected chi connectivity index (χ2v) is 4.20. The predicted molar refractivity (Wildman–Crippen MR) is 67.9 cm³/mol. The zero-order valence-corrected chi connectivity index (χ0v) is 10.6. The molecular weight excluding hydrogens is 232 g/mol. The summed E-state index contributed by atoms with van der Waals surface area (Å²) in [5.41, 5.74) is 1.44. The topological polar surface area (TPSA) is 56.5 Å². The van der Waals surface area contributed by atoms with Gasteiger partial charge in [-0.1, -0.05) is 6.92 Å². The zero-order valence-electron chi connectivity index (χ0n) is 10.6. The summed E-state index contributed by atoms with van der Waals surface area (Å²) in [6.07, 6.45) is 0.301. The Balaban J connectivity index is 2.57. The molecule has 18 heavy (non-hydrogen) atoms. The lowest BCUT2D eigenvalue weighted by molar-refractivity contribution is -0.134. The maximum atomic E-state index is 11.4. The summed E-state index contributed by atoms with van der Waals surface area (Å²) in [5.74, 6) is 0.119. The molecule has 0 atom stereocenters. The van der Waals surface area contributed by atoms with Crippen LogP contribution in [0.4, 0.5) is 0 Å². The minimum absolute atomic E-state index is 0.301. The molecule has 94 valence electrons. The zero-order chi connectivity index (χ0) is 13.3. The standard InChI is InChI=1S/C14H14O4/c1-4-13(15)17-11-7-12-10(5-8(11)2)6-9(3)14(16)18-12/h5-7H,4H2,1-3H3. The van der Waals surface area contributed by atoms with Gasteiger partial charge in [0.05, 0.1) is 0 Å². The Kier molecular flexibility index (Phi) is 3.19. The third-order valence-electron chi connectivity index (χ3n) is 2.72. The van der Waals surface area contributed by atoms with Gasteiger partial charge in [0.15, 0.2) is 0 Å². The first-order valence-electron chi connectivity index (χ1n) is 5.77. The van der Waals surface area contributed by atoms with Crippen LogP contribution in [0.25, 0.3) is 11.0 Å². The smallest absolute Gasteiger partial charge is 0.339 e. The van der Waals surface area contributed by atoms with Crippen molar-refractivity contribution >= 4 is 16.9 Å². The maximum Gasteiger partial charge on any atom is 0.339 e. The first-order chi connectivity index (χ1) is 8.51. The van der Waals surface area contributed by atoms with E-state index in [1.807, 2.05) is 13.0 Å². The van der Waals surface area contributed by atoms with Crippen LogP contribution in [0.5, 0.6) is 5.75 Å². The number of hydrogen-bond donors (Lipinski definition) is 0. The Morgan fingerprint density at radius 1 is 1.22 bits per heavy atom. The molecule has 0 amide bonds. The molecule has 0 unspecified atom stereocenters. The second-order valence-electron chi connectivity index (χ2n) is 4.20. The highest BCUT2D eigenvalue weighted by molar-refractivity contribution is 5.81. The summed E-state index contributed by atoms with van der Waals surface area (Å²) >= 11 is 0. The maximum absolute atomic E-state index is 11.4. The number of aryl methyl sites for hydroxylation is 2. The van der Waals surface area contributed by atoms with E-state index in [-0.39, 0.29) is 11.6 Å². The van der Waals surface area contributed by atoms with Gasteiger partial charge in [0, 0.05) is 23.4 Å². The first kappa shape index (κ1) is 12.4. The Morgan fingerprint density at radius 3 is 2.56 bits per heavy atom. The van der Waals surface area contributed by atoms with Gasteiger partial charge in [0.1, 0.15) is 11.3 Å². The van der Waals surface area contributed by atoms with Gasteiger partial charge >= 0.3 is 11.6 Å². The largest absolute Gasteiger partial charge is 0.426 e. The van der Waals surface area contributed by atoms with Crippen molar-refractivity contribution in [2.75, 3.05) is 0 Å². The highest BCUT2D eigenvalue weighted by atomic mass is 16.5. The molecule has 0 saturated carbocycles. The molecule has 0 aliphatic carbocycles. The number of carbonyl (C=O) groups is 1. The molecule has 0 N–H and O–H groups in total. The molecule has 1 heterocycles. The van der Waals surface area contributed by atoms with E-state index in [9.17, 15) is 9.59 Å². The molecular formula is C14H14O4. The molecule has 1 aromatic carbocycles. The quantitative estimate of drug-likeness (QED) is 0.464. The number of ether oxygens (including phenoxy) is 1. The number of esters is 1. The van der Waals surface area contributed by atoms with Crippen molar-refractivity contribution in [1.82, 2.24) is 0 Å². The SMILES string of the molecule is CCC(=O)Oc1cc2oc(=O)c(C)cc2cc1C. The number of hydrogen-bond acceptors (Lipinski definition) is 4. The first-order valence-corrected chi connectivity index (χ1v) is 5.77. The summed E-state index contributed by atoms with van der Waals surface area (Å²) < 4.78 is 10.3. The van der Waals surface area contributed by atoms with Crippen LogP contribution in [0.15, 0.2) is 27.4 Å². The molecule has 0 radical (unpaired) electrons. The summed E-state index contributed by atoms with van der Waals surface area (Å²) in [4.78, 5) is 22.7. The molecule has 0 aliphatic rings. The van der Waals surface area contributed by atoms with E-state index in [2.05, 4.69) is 0 Å². The second kappa shape index (κ2) is 4.64. The van der Waals surface area contributed by atoms with E-state index in [4.69, 9.17) is 9.15 Å². The molecule has 0 bridgehead atoms. The Bertz CT molecular complexity index is 667. The number of carbonyl (C=O) groups excluding carboxylic acids is 1. The highest BCUT2D eigenvalue weighted by Gasteiger charge is 2.09. The van der Waals surface area contributed by atoms with E-state index in [1.165, 1.54) is 0 Å². The van der Waals surface area contributed by atoms with E-state index >= 15 is 0 Å². The Labute approximate surface area is 104 Å².